The Morgan fingerprint density at radius 1 is 1.16 bits per heavy atom. The van der Waals surface area contributed by atoms with Gasteiger partial charge in [0.2, 0.25) is 0 Å². The SMILES string of the molecule is Cc1c(O)c(-c2c(F)cccc2F)nn1C(C)(C)C. The number of rotatable bonds is 1. The summed E-state index contributed by atoms with van der Waals surface area (Å²) in [6.45, 7) is 7.35. The van der Waals surface area contributed by atoms with Crippen molar-refractivity contribution in [2.24, 2.45) is 0 Å². The van der Waals surface area contributed by atoms with E-state index in [1.807, 2.05) is 20.8 Å². The van der Waals surface area contributed by atoms with Crippen LogP contribution in [0.5, 0.6) is 5.75 Å². The molecule has 0 aliphatic carbocycles. The van der Waals surface area contributed by atoms with Gasteiger partial charge < -0.3 is 5.11 Å². The summed E-state index contributed by atoms with van der Waals surface area (Å²) >= 11 is 0. The van der Waals surface area contributed by atoms with E-state index in [9.17, 15) is 13.9 Å². The first-order chi connectivity index (χ1) is 8.73. The second kappa shape index (κ2) is 4.33. The quantitative estimate of drug-likeness (QED) is 0.856. The second-order valence-electron chi connectivity index (χ2n) is 5.46. The maximum Gasteiger partial charge on any atom is 0.164 e. The second-order valence-corrected chi connectivity index (χ2v) is 5.46. The molecule has 19 heavy (non-hydrogen) atoms. The van der Waals surface area contributed by atoms with Crippen LogP contribution < -0.4 is 0 Å². The highest BCUT2D eigenvalue weighted by Crippen LogP contribution is 2.36. The van der Waals surface area contributed by atoms with E-state index in [4.69, 9.17) is 0 Å². The Morgan fingerprint density at radius 2 is 1.68 bits per heavy atom. The maximum absolute atomic E-state index is 13.8. The lowest BCUT2D eigenvalue weighted by molar-refractivity contribution is 0.345. The molecule has 0 saturated carbocycles. The highest BCUT2D eigenvalue weighted by Gasteiger charge is 2.26. The molecule has 1 aromatic heterocycles. The number of benzene rings is 1. The number of aromatic nitrogens is 2. The molecule has 1 aromatic carbocycles. The summed E-state index contributed by atoms with van der Waals surface area (Å²) in [6.07, 6.45) is 0. The summed E-state index contributed by atoms with van der Waals surface area (Å²) in [6, 6.07) is 3.56. The zero-order valence-corrected chi connectivity index (χ0v) is 11.3. The van der Waals surface area contributed by atoms with E-state index in [1.54, 1.807) is 11.6 Å². The lowest BCUT2D eigenvalue weighted by atomic mass is 10.1. The van der Waals surface area contributed by atoms with Crippen molar-refractivity contribution in [2.75, 3.05) is 0 Å². The van der Waals surface area contributed by atoms with Gasteiger partial charge in [-0.25, -0.2) is 8.78 Å². The Labute approximate surface area is 110 Å². The Kier molecular flexibility index (Phi) is 3.08. The predicted molar refractivity (Wildman–Crippen MR) is 69.0 cm³/mol. The smallest absolute Gasteiger partial charge is 0.164 e. The average molecular weight is 266 g/mol. The van der Waals surface area contributed by atoms with Gasteiger partial charge in [0.1, 0.15) is 17.3 Å². The third-order valence-corrected chi connectivity index (χ3v) is 2.92. The fourth-order valence-electron chi connectivity index (χ4n) is 2.04. The third-order valence-electron chi connectivity index (χ3n) is 2.92. The normalized spacial score (nSPS) is 11.9. The van der Waals surface area contributed by atoms with Crippen LogP contribution in [0.3, 0.4) is 0 Å². The van der Waals surface area contributed by atoms with Crippen LogP contribution in [0.1, 0.15) is 26.5 Å². The molecule has 0 aliphatic heterocycles. The van der Waals surface area contributed by atoms with E-state index in [2.05, 4.69) is 5.10 Å². The summed E-state index contributed by atoms with van der Waals surface area (Å²) in [4.78, 5) is 0. The molecule has 0 bridgehead atoms. The van der Waals surface area contributed by atoms with Gasteiger partial charge in [0, 0.05) is 0 Å². The number of nitrogens with zero attached hydrogens (tertiary/aromatic N) is 2. The average Bonchev–Trinajstić information content (AvgIpc) is 2.57. The first-order valence-corrected chi connectivity index (χ1v) is 5.97. The molecule has 3 nitrogen and oxygen atoms in total. The van der Waals surface area contributed by atoms with Crippen molar-refractivity contribution in [1.29, 1.82) is 0 Å². The van der Waals surface area contributed by atoms with Gasteiger partial charge in [0.25, 0.3) is 0 Å². The molecular formula is C14H16F2N2O. The van der Waals surface area contributed by atoms with Gasteiger partial charge in [0.15, 0.2) is 5.75 Å². The van der Waals surface area contributed by atoms with Gasteiger partial charge in [-0.3, -0.25) is 4.68 Å². The van der Waals surface area contributed by atoms with Gasteiger partial charge in [-0.05, 0) is 39.8 Å². The summed E-state index contributed by atoms with van der Waals surface area (Å²) in [5.41, 5.74) is -0.277. The van der Waals surface area contributed by atoms with Crippen molar-refractivity contribution in [2.45, 2.75) is 33.2 Å². The molecule has 0 spiro atoms. The van der Waals surface area contributed by atoms with Crippen molar-refractivity contribution in [3.8, 4) is 17.0 Å². The van der Waals surface area contributed by atoms with E-state index in [-0.39, 0.29) is 22.5 Å². The molecule has 0 fully saturated rings. The van der Waals surface area contributed by atoms with Gasteiger partial charge in [-0.15, -0.1) is 0 Å². The lowest BCUT2D eigenvalue weighted by Gasteiger charge is -2.20. The minimum absolute atomic E-state index is 0.0666. The van der Waals surface area contributed by atoms with E-state index in [0.717, 1.165) is 12.1 Å². The van der Waals surface area contributed by atoms with Gasteiger partial charge in [-0.1, -0.05) is 6.07 Å². The van der Waals surface area contributed by atoms with Crippen molar-refractivity contribution < 1.29 is 13.9 Å². The van der Waals surface area contributed by atoms with Crippen LogP contribution in [0, 0.1) is 18.6 Å². The Balaban J connectivity index is 2.72. The predicted octanol–water partition coefficient (Wildman–Crippen LogP) is 3.60. The van der Waals surface area contributed by atoms with Crippen LogP contribution in [-0.2, 0) is 5.54 Å². The molecule has 1 heterocycles. The highest BCUT2D eigenvalue weighted by atomic mass is 19.1. The van der Waals surface area contributed by atoms with Gasteiger partial charge >= 0.3 is 0 Å². The third kappa shape index (κ3) is 2.20. The van der Waals surface area contributed by atoms with Crippen molar-refractivity contribution in [1.82, 2.24) is 9.78 Å². The molecule has 2 aromatic rings. The molecular weight excluding hydrogens is 250 g/mol. The van der Waals surface area contributed by atoms with Crippen LogP contribution in [-0.4, -0.2) is 14.9 Å². The molecule has 2 rings (SSSR count). The van der Waals surface area contributed by atoms with E-state index in [0.29, 0.717) is 5.69 Å². The fourth-order valence-corrected chi connectivity index (χ4v) is 2.04. The zero-order chi connectivity index (χ0) is 14.4. The number of hydrogen-bond donors (Lipinski definition) is 1. The van der Waals surface area contributed by atoms with Crippen LogP contribution in [0.15, 0.2) is 18.2 Å². The van der Waals surface area contributed by atoms with Crippen LogP contribution in [0.4, 0.5) is 8.78 Å². The summed E-state index contributed by atoms with van der Waals surface area (Å²) in [7, 11) is 0. The standard InChI is InChI=1S/C14H16F2N2O/c1-8-13(19)12(17-18(8)14(2,3)4)11-9(15)6-5-7-10(11)16/h5-7,19H,1-4H3. The maximum atomic E-state index is 13.8. The first-order valence-electron chi connectivity index (χ1n) is 5.97. The summed E-state index contributed by atoms with van der Waals surface area (Å²) in [5, 5.41) is 14.2. The Hall–Kier alpha value is -1.91. The largest absolute Gasteiger partial charge is 0.504 e. The number of halogens is 2. The topological polar surface area (TPSA) is 38.1 Å². The Bertz CT molecular complexity index is 607. The Morgan fingerprint density at radius 3 is 2.11 bits per heavy atom. The highest BCUT2D eigenvalue weighted by molar-refractivity contribution is 5.68. The number of aromatic hydroxyl groups is 1. The molecule has 102 valence electrons. The molecule has 0 unspecified atom stereocenters. The van der Waals surface area contributed by atoms with Crippen molar-refractivity contribution in [3.63, 3.8) is 0 Å². The van der Waals surface area contributed by atoms with E-state index < -0.39 is 11.6 Å². The van der Waals surface area contributed by atoms with Gasteiger partial charge in [0.05, 0.1) is 16.8 Å². The molecule has 0 aliphatic rings. The van der Waals surface area contributed by atoms with E-state index >= 15 is 0 Å². The molecule has 0 atom stereocenters. The van der Waals surface area contributed by atoms with Crippen LogP contribution in [0.25, 0.3) is 11.3 Å². The zero-order valence-electron chi connectivity index (χ0n) is 11.3. The molecule has 0 saturated heterocycles. The molecule has 0 amide bonds. The van der Waals surface area contributed by atoms with Crippen molar-refractivity contribution in [3.05, 3.63) is 35.5 Å². The van der Waals surface area contributed by atoms with Crippen LogP contribution in [0.2, 0.25) is 0 Å². The monoisotopic (exact) mass is 266 g/mol. The minimum Gasteiger partial charge on any atom is -0.504 e. The molecule has 5 heteroatoms. The lowest BCUT2D eigenvalue weighted by Crippen LogP contribution is -2.24. The fraction of sp³-hybridized carbons (Fsp3) is 0.357. The molecule has 0 radical (unpaired) electrons. The van der Waals surface area contributed by atoms with Crippen molar-refractivity contribution >= 4 is 0 Å². The minimum atomic E-state index is -0.742. The first kappa shape index (κ1) is 13.5. The number of hydrogen-bond acceptors (Lipinski definition) is 2. The van der Waals surface area contributed by atoms with E-state index in [1.165, 1.54) is 6.07 Å². The van der Waals surface area contributed by atoms with Crippen LogP contribution >= 0.6 is 0 Å². The van der Waals surface area contributed by atoms with Gasteiger partial charge in [-0.2, -0.15) is 5.10 Å². The molecule has 1 N–H and O–H groups in total. The summed E-state index contributed by atoms with van der Waals surface area (Å²) < 4.78 is 29.1. The summed E-state index contributed by atoms with van der Waals surface area (Å²) in [5.74, 6) is -1.68.